The predicted octanol–water partition coefficient (Wildman–Crippen LogP) is 1.93. The quantitative estimate of drug-likeness (QED) is 0.908. The van der Waals surface area contributed by atoms with Crippen molar-refractivity contribution in [3.63, 3.8) is 0 Å². The molecular weight excluding hydrogens is 244 g/mol. The third-order valence-corrected chi connectivity index (χ3v) is 2.92. The molecule has 0 aliphatic carbocycles. The molecule has 2 rings (SSSR count). The van der Waals surface area contributed by atoms with Gasteiger partial charge in [0.25, 0.3) is 0 Å². The first-order valence-electron chi connectivity index (χ1n) is 6.08. The second kappa shape index (κ2) is 5.17. The fraction of sp³-hybridized carbons (Fsp3) is 0.385. The number of carbonyl (C=O) groups is 1. The first-order chi connectivity index (χ1) is 9.00. The van der Waals surface area contributed by atoms with E-state index >= 15 is 0 Å². The predicted molar refractivity (Wildman–Crippen MR) is 69.5 cm³/mol. The van der Waals surface area contributed by atoms with Gasteiger partial charge in [0, 0.05) is 5.56 Å². The van der Waals surface area contributed by atoms with E-state index in [0.717, 1.165) is 11.1 Å². The van der Waals surface area contributed by atoms with Gasteiger partial charge >= 0.3 is 5.97 Å². The molecule has 0 amide bonds. The van der Waals surface area contributed by atoms with Crippen molar-refractivity contribution in [2.24, 2.45) is 5.92 Å². The molecule has 6 nitrogen and oxygen atoms in total. The zero-order chi connectivity index (χ0) is 14.0. The summed E-state index contributed by atoms with van der Waals surface area (Å²) in [6.07, 6.45) is 0. The number of aliphatic carboxylic acids is 1. The van der Waals surface area contributed by atoms with Crippen LogP contribution in [0, 0.1) is 12.8 Å². The number of nitrogens with zero attached hydrogens (tertiary/aromatic N) is 4. The van der Waals surface area contributed by atoms with E-state index in [1.807, 2.05) is 45.0 Å². The summed E-state index contributed by atoms with van der Waals surface area (Å²) in [7, 11) is 0. The van der Waals surface area contributed by atoms with Gasteiger partial charge in [-0.05, 0) is 29.3 Å². The number of aryl methyl sites for hydroxylation is 1. The maximum absolute atomic E-state index is 11.4. The Hall–Kier alpha value is -2.24. The van der Waals surface area contributed by atoms with Gasteiger partial charge in [-0.1, -0.05) is 37.6 Å². The summed E-state index contributed by atoms with van der Waals surface area (Å²) in [5.41, 5.74) is 1.89. The van der Waals surface area contributed by atoms with E-state index in [9.17, 15) is 9.90 Å². The fourth-order valence-electron chi connectivity index (χ4n) is 2.03. The van der Waals surface area contributed by atoms with Gasteiger partial charge in [0.1, 0.15) is 0 Å². The minimum absolute atomic E-state index is 0.107. The van der Waals surface area contributed by atoms with E-state index in [1.165, 1.54) is 4.68 Å². The van der Waals surface area contributed by atoms with Crippen LogP contribution in [0.3, 0.4) is 0 Å². The number of hydrogen-bond donors (Lipinski definition) is 1. The van der Waals surface area contributed by atoms with Gasteiger partial charge in [-0.25, -0.2) is 9.48 Å². The third-order valence-electron chi connectivity index (χ3n) is 2.92. The van der Waals surface area contributed by atoms with Crippen LogP contribution in [0.5, 0.6) is 0 Å². The van der Waals surface area contributed by atoms with E-state index in [-0.39, 0.29) is 5.92 Å². The third kappa shape index (κ3) is 2.62. The molecule has 100 valence electrons. The fourth-order valence-corrected chi connectivity index (χ4v) is 2.03. The second-order valence-corrected chi connectivity index (χ2v) is 4.84. The zero-order valence-electron chi connectivity index (χ0n) is 11.1. The normalized spacial score (nSPS) is 12.6. The largest absolute Gasteiger partial charge is 0.480 e. The van der Waals surface area contributed by atoms with Crippen LogP contribution in [0.1, 0.15) is 25.5 Å². The number of tetrazole rings is 1. The minimum Gasteiger partial charge on any atom is -0.480 e. The molecule has 0 saturated heterocycles. The van der Waals surface area contributed by atoms with Gasteiger partial charge in [0.05, 0.1) is 0 Å². The van der Waals surface area contributed by atoms with E-state index in [1.54, 1.807) is 0 Å². The number of rotatable bonds is 4. The van der Waals surface area contributed by atoms with Crippen LogP contribution in [-0.2, 0) is 4.79 Å². The van der Waals surface area contributed by atoms with Gasteiger partial charge in [0.2, 0.25) is 0 Å². The average molecular weight is 260 g/mol. The molecule has 0 radical (unpaired) electrons. The Balaban J connectivity index is 2.50. The van der Waals surface area contributed by atoms with Crippen molar-refractivity contribution in [3.8, 4) is 11.4 Å². The lowest BCUT2D eigenvalue weighted by Gasteiger charge is -2.17. The van der Waals surface area contributed by atoms with E-state index < -0.39 is 12.0 Å². The molecule has 0 fully saturated rings. The minimum atomic E-state index is -0.934. The van der Waals surface area contributed by atoms with E-state index in [2.05, 4.69) is 15.5 Å². The summed E-state index contributed by atoms with van der Waals surface area (Å²) < 4.78 is 1.38. The molecule has 0 bridgehead atoms. The Morgan fingerprint density at radius 3 is 2.68 bits per heavy atom. The van der Waals surface area contributed by atoms with Crippen molar-refractivity contribution in [1.29, 1.82) is 0 Å². The standard InChI is InChI=1S/C13H16N4O2/c1-8(2)11(13(18)19)17-12(14-15-16-17)10-6-4-5-9(3)7-10/h4-8,11H,1-3H3,(H,18,19). The van der Waals surface area contributed by atoms with Gasteiger partial charge in [0.15, 0.2) is 11.9 Å². The van der Waals surface area contributed by atoms with Crippen LogP contribution in [-0.4, -0.2) is 31.3 Å². The first-order valence-corrected chi connectivity index (χ1v) is 6.08. The number of carboxylic acid groups (broad SMARTS) is 1. The average Bonchev–Trinajstić information content (AvgIpc) is 2.77. The summed E-state index contributed by atoms with van der Waals surface area (Å²) in [6, 6.07) is 6.89. The van der Waals surface area contributed by atoms with Crippen molar-refractivity contribution in [2.45, 2.75) is 26.8 Å². The van der Waals surface area contributed by atoms with Crippen molar-refractivity contribution in [1.82, 2.24) is 20.2 Å². The molecule has 0 aliphatic heterocycles. The van der Waals surface area contributed by atoms with Gasteiger partial charge in [-0.15, -0.1) is 5.10 Å². The van der Waals surface area contributed by atoms with Crippen molar-refractivity contribution in [2.75, 3.05) is 0 Å². The molecular formula is C13H16N4O2. The molecule has 1 aromatic heterocycles. The maximum atomic E-state index is 11.4. The van der Waals surface area contributed by atoms with Crippen molar-refractivity contribution < 1.29 is 9.90 Å². The van der Waals surface area contributed by atoms with Crippen LogP contribution in [0.15, 0.2) is 24.3 Å². The molecule has 0 aliphatic rings. The Bertz CT molecular complexity index is 592. The van der Waals surface area contributed by atoms with E-state index in [4.69, 9.17) is 0 Å². The monoisotopic (exact) mass is 260 g/mol. The summed E-state index contributed by atoms with van der Waals surface area (Å²) in [5, 5.41) is 20.7. The van der Waals surface area contributed by atoms with Crippen molar-refractivity contribution >= 4 is 5.97 Å². The molecule has 6 heteroatoms. The molecule has 1 atom stereocenters. The molecule has 0 saturated carbocycles. The highest BCUT2D eigenvalue weighted by molar-refractivity contribution is 5.73. The summed E-state index contributed by atoms with van der Waals surface area (Å²) in [4.78, 5) is 11.4. The zero-order valence-corrected chi connectivity index (χ0v) is 11.1. The van der Waals surface area contributed by atoms with Gasteiger partial charge < -0.3 is 5.11 Å². The Labute approximate surface area is 111 Å². The Morgan fingerprint density at radius 1 is 1.37 bits per heavy atom. The lowest BCUT2D eigenvalue weighted by atomic mass is 10.0. The van der Waals surface area contributed by atoms with Crippen molar-refractivity contribution in [3.05, 3.63) is 29.8 Å². The smallest absolute Gasteiger partial charge is 0.328 e. The maximum Gasteiger partial charge on any atom is 0.328 e. The van der Waals surface area contributed by atoms with Gasteiger partial charge in [-0.2, -0.15) is 0 Å². The summed E-state index contributed by atoms with van der Waals surface area (Å²) in [5.74, 6) is -0.564. The van der Waals surface area contributed by atoms with Crippen LogP contribution >= 0.6 is 0 Å². The molecule has 1 aromatic carbocycles. The van der Waals surface area contributed by atoms with E-state index in [0.29, 0.717) is 5.82 Å². The van der Waals surface area contributed by atoms with Crippen LogP contribution in [0.2, 0.25) is 0 Å². The highest BCUT2D eigenvalue weighted by Gasteiger charge is 2.28. The molecule has 19 heavy (non-hydrogen) atoms. The summed E-state index contributed by atoms with van der Waals surface area (Å²) >= 11 is 0. The van der Waals surface area contributed by atoms with Gasteiger partial charge in [-0.3, -0.25) is 0 Å². The lowest BCUT2D eigenvalue weighted by molar-refractivity contribution is -0.142. The van der Waals surface area contributed by atoms with Crippen LogP contribution < -0.4 is 0 Å². The van der Waals surface area contributed by atoms with Crippen LogP contribution in [0.25, 0.3) is 11.4 Å². The van der Waals surface area contributed by atoms with Crippen LogP contribution in [0.4, 0.5) is 0 Å². The highest BCUT2D eigenvalue weighted by atomic mass is 16.4. The Morgan fingerprint density at radius 2 is 2.11 bits per heavy atom. The molecule has 1 N–H and O–H groups in total. The number of carboxylic acids is 1. The number of aromatic nitrogens is 4. The highest BCUT2D eigenvalue weighted by Crippen LogP contribution is 2.24. The molecule has 1 unspecified atom stereocenters. The summed E-state index contributed by atoms with van der Waals surface area (Å²) in [6.45, 7) is 5.63. The Kier molecular flexibility index (Phi) is 3.59. The molecule has 2 aromatic rings. The first kappa shape index (κ1) is 13.2. The second-order valence-electron chi connectivity index (χ2n) is 4.84. The number of hydrogen-bond acceptors (Lipinski definition) is 4. The number of benzene rings is 1. The molecule has 0 spiro atoms. The lowest BCUT2D eigenvalue weighted by Crippen LogP contribution is -2.26. The SMILES string of the molecule is Cc1cccc(-c2nnnn2C(C(=O)O)C(C)C)c1. The topological polar surface area (TPSA) is 80.9 Å². The molecule has 1 heterocycles.